The van der Waals surface area contributed by atoms with Gasteiger partial charge in [-0.25, -0.2) is 9.97 Å². The number of anilines is 1. The summed E-state index contributed by atoms with van der Waals surface area (Å²) in [5.41, 5.74) is 0.777. The summed E-state index contributed by atoms with van der Waals surface area (Å²) in [6.07, 6.45) is 5.43. The van der Waals surface area contributed by atoms with E-state index in [1.807, 2.05) is 6.20 Å². The van der Waals surface area contributed by atoms with Gasteiger partial charge in [-0.05, 0) is 12.5 Å². The van der Waals surface area contributed by atoms with Crippen LogP contribution in [0, 0.1) is 0 Å². The number of hydrogen-bond donors (Lipinski definition) is 1. The van der Waals surface area contributed by atoms with Gasteiger partial charge in [-0.15, -0.1) is 0 Å². The van der Waals surface area contributed by atoms with Gasteiger partial charge in [0.05, 0.1) is 15.7 Å². The molecular formula is C13H16Cl2N4. The van der Waals surface area contributed by atoms with E-state index < -0.39 is 0 Å². The van der Waals surface area contributed by atoms with Crippen LogP contribution in [0.1, 0.15) is 24.9 Å². The quantitative estimate of drug-likeness (QED) is 0.916. The van der Waals surface area contributed by atoms with Crippen molar-refractivity contribution in [2.75, 3.05) is 12.4 Å². The maximum absolute atomic E-state index is 6.19. The Kier molecular flexibility index (Phi) is 4.66. The molecule has 0 aliphatic carbocycles. The fraction of sp³-hybridized carbons (Fsp3) is 0.385. The molecule has 0 amide bonds. The van der Waals surface area contributed by atoms with Gasteiger partial charge in [0.25, 0.3) is 0 Å². The zero-order valence-electron chi connectivity index (χ0n) is 11.0. The number of hydrogen-bond acceptors (Lipinski definition) is 3. The minimum Gasteiger partial charge on any atom is -0.372 e. The van der Waals surface area contributed by atoms with Gasteiger partial charge in [-0.2, -0.15) is 0 Å². The van der Waals surface area contributed by atoms with E-state index in [9.17, 15) is 0 Å². The third-order valence-electron chi connectivity index (χ3n) is 2.83. The Morgan fingerprint density at radius 3 is 2.79 bits per heavy atom. The normalized spacial score (nSPS) is 10.7. The monoisotopic (exact) mass is 298 g/mol. The number of aromatic nitrogens is 3. The van der Waals surface area contributed by atoms with Gasteiger partial charge in [0, 0.05) is 32.4 Å². The highest BCUT2D eigenvalue weighted by Gasteiger charge is 2.11. The second-order valence-electron chi connectivity index (χ2n) is 4.21. The Labute approximate surface area is 122 Å². The van der Waals surface area contributed by atoms with Crippen LogP contribution in [-0.2, 0) is 13.0 Å². The predicted octanol–water partition coefficient (Wildman–Crippen LogP) is 3.63. The summed E-state index contributed by atoms with van der Waals surface area (Å²) in [6.45, 7) is 3.08. The van der Waals surface area contributed by atoms with Crippen LogP contribution >= 0.6 is 23.2 Å². The number of nitrogens with zero attached hydrogens (tertiary/aromatic N) is 3. The standard InChI is InChI=1S/C13H16Cl2N4/c1-3-5-19-6-4-17-12(19)8-11-9(14)7-10(15)13(16-2)18-11/h4,6-7H,3,5,8H2,1-2H3,(H,16,18). The molecule has 0 saturated heterocycles. The van der Waals surface area contributed by atoms with Crippen molar-refractivity contribution in [3.8, 4) is 0 Å². The predicted molar refractivity (Wildman–Crippen MR) is 79.1 cm³/mol. The molecule has 0 unspecified atom stereocenters. The van der Waals surface area contributed by atoms with E-state index in [4.69, 9.17) is 23.2 Å². The first-order valence-electron chi connectivity index (χ1n) is 6.18. The topological polar surface area (TPSA) is 42.7 Å². The highest BCUT2D eigenvalue weighted by molar-refractivity contribution is 6.36. The Hall–Kier alpha value is -1.26. The summed E-state index contributed by atoms with van der Waals surface area (Å²) in [5.74, 6) is 1.59. The van der Waals surface area contributed by atoms with Crippen LogP contribution in [0.3, 0.4) is 0 Å². The molecule has 0 spiro atoms. The molecule has 0 atom stereocenters. The molecule has 0 radical (unpaired) electrons. The molecule has 0 fully saturated rings. The zero-order chi connectivity index (χ0) is 13.8. The van der Waals surface area contributed by atoms with Crippen molar-refractivity contribution in [1.82, 2.24) is 14.5 Å². The molecule has 0 aliphatic rings. The first kappa shape index (κ1) is 14.2. The number of aryl methyl sites for hydroxylation is 1. The van der Waals surface area contributed by atoms with Gasteiger partial charge in [0.1, 0.15) is 11.6 Å². The Morgan fingerprint density at radius 1 is 1.32 bits per heavy atom. The van der Waals surface area contributed by atoms with Crippen molar-refractivity contribution in [2.24, 2.45) is 0 Å². The molecule has 2 aromatic heterocycles. The zero-order valence-corrected chi connectivity index (χ0v) is 12.5. The lowest BCUT2D eigenvalue weighted by Gasteiger charge is -2.10. The number of rotatable bonds is 5. The highest BCUT2D eigenvalue weighted by atomic mass is 35.5. The molecule has 0 aromatic carbocycles. The molecule has 2 rings (SSSR count). The van der Waals surface area contributed by atoms with E-state index >= 15 is 0 Å². The largest absolute Gasteiger partial charge is 0.372 e. The van der Waals surface area contributed by atoms with Gasteiger partial charge in [-0.3, -0.25) is 0 Å². The number of pyridine rings is 1. The molecule has 1 N–H and O–H groups in total. The van der Waals surface area contributed by atoms with E-state index in [2.05, 4.69) is 26.8 Å². The summed E-state index contributed by atoms with van der Waals surface area (Å²) >= 11 is 12.2. The third kappa shape index (κ3) is 3.19. The SMILES string of the molecule is CCCn1ccnc1Cc1nc(NC)c(Cl)cc1Cl. The fourth-order valence-corrected chi connectivity index (χ4v) is 2.43. The maximum Gasteiger partial charge on any atom is 0.144 e. The van der Waals surface area contributed by atoms with Crippen molar-refractivity contribution in [3.63, 3.8) is 0 Å². The van der Waals surface area contributed by atoms with Gasteiger partial charge in [-0.1, -0.05) is 30.1 Å². The summed E-state index contributed by atoms with van der Waals surface area (Å²) < 4.78 is 2.12. The number of nitrogens with one attached hydrogen (secondary N) is 1. The third-order valence-corrected chi connectivity index (χ3v) is 3.45. The molecule has 2 aromatic rings. The molecule has 19 heavy (non-hydrogen) atoms. The lowest BCUT2D eigenvalue weighted by molar-refractivity contribution is 0.645. The number of halogens is 2. The van der Waals surface area contributed by atoms with E-state index in [0.717, 1.165) is 24.5 Å². The first-order valence-corrected chi connectivity index (χ1v) is 6.94. The van der Waals surface area contributed by atoms with Crippen molar-refractivity contribution >= 4 is 29.0 Å². The van der Waals surface area contributed by atoms with Gasteiger partial charge < -0.3 is 9.88 Å². The van der Waals surface area contributed by atoms with Gasteiger partial charge in [0.15, 0.2) is 0 Å². The first-order chi connectivity index (χ1) is 9.15. The van der Waals surface area contributed by atoms with Crippen LogP contribution in [0.4, 0.5) is 5.82 Å². The Bertz CT molecular complexity index is 566. The summed E-state index contributed by atoms with van der Waals surface area (Å²) in [4.78, 5) is 8.80. The molecular weight excluding hydrogens is 283 g/mol. The average Bonchev–Trinajstić information content (AvgIpc) is 2.80. The minimum absolute atomic E-state index is 0.521. The molecule has 2 heterocycles. The lowest BCUT2D eigenvalue weighted by Crippen LogP contribution is -2.06. The number of imidazole rings is 1. The van der Waals surface area contributed by atoms with E-state index in [0.29, 0.717) is 22.3 Å². The molecule has 0 aliphatic heterocycles. The molecule has 102 valence electrons. The molecule has 4 nitrogen and oxygen atoms in total. The van der Waals surface area contributed by atoms with Crippen LogP contribution in [0.5, 0.6) is 0 Å². The van der Waals surface area contributed by atoms with Crippen LogP contribution in [-0.4, -0.2) is 21.6 Å². The lowest BCUT2D eigenvalue weighted by atomic mass is 10.2. The molecule has 0 bridgehead atoms. The highest BCUT2D eigenvalue weighted by Crippen LogP contribution is 2.27. The maximum atomic E-state index is 6.19. The van der Waals surface area contributed by atoms with Crippen molar-refractivity contribution in [1.29, 1.82) is 0 Å². The second kappa shape index (κ2) is 6.26. The Morgan fingerprint density at radius 2 is 2.11 bits per heavy atom. The molecule has 6 heteroatoms. The Balaban J connectivity index is 2.30. The summed E-state index contributed by atoms with van der Waals surface area (Å²) in [7, 11) is 1.78. The van der Waals surface area contributed by atoms with E-state index in [-0.39, 0.29) is 0 Å². The van der Waals surface area contributed by atoms with Crippen LogP contribution in [0.25, 0.3) is 0 Å². The van der Waals surface area contributed by atoms with Crippen LogP contribution in [0.2, 0.25) is 10.0 Å². The van der Waals surface area contributed by atoms with E-state index in [1.165, 1.54) is 0 Å². The van der Waals surface area contributed by atoms with Gasteiger partial charge in [0.2, 0.25) is 0 Å². The second-order valence-corrected chi connectivity index (χ2v) is 5.03. The summed E-state index contributed by atoms with van der Waals surface area (Å²) in [6, 6.07) is 1.71. The molecule has 0 saturated carbocycles. The smallest absolute Gasteiger partial charge is 0.144 e. The average molecular weight is 299 g/mol. The fourth-order valence-electron chi connectivity index (χ4n) is 1.91. The summed E-state index contributed by atoms with van der Waals surface area (Å²) in [5, 5.41) is 4.04. The van der Waals surface area contributed by atoms with Crippen molar-refractivity contribution in [3.05, 3.63) is 40.0 Å². The van der Waals surface area contributed by atoms with Crippen molar-refractivity contribution < 1.29 is 0 Å². The minimum atomic E-state index is 0.521. The van der Waals surface area contributed by atoms with Crippen LogP contribution < -0.4 is 5.32 Å². The van der Waals surface area contributed by atoms with Gasteiger partial charge >= 0.3 is 0 Å². The van der Waals surface area contributed by atoms with Crippen LogP contribution in [0.15, 0.2) is 18.5 Å². The van der Waals surface area contributed by atoms with E-state index in [1.54, 1.807) is 19.3 Å². The van der Waals surface area contributed by atoms with Crippen molar-refractivity contribution in [2.45, 2.75) is 26.3 Å².